The van der Waals surface area contributed by atoms with Crippen molar-refractivity contribution >= 4 is 28.3 Å². The van der Waals surface area contributed by atoms with Gasteiger partial charge in [0.25, 0.3) is 5.91 Å². The highest BCUT2D eigenvalue weighted by atomic mass is 32.1. The first-order valence-electron chi connectivity index (χ1n) is 7.45. The van der Waals surface area contributed by atoms with Gasteiger partial charge in [0.05, 0.1) is 5.56 Å². The van der Waals surface area contributed by atoms with Crippen LogP contribution < -0.4 is 5.32 Å². The van der Waals surface area contributed by atoms with E-state index in [9.17, 15) is 9.59 Å². The molecule has 23 heavy (non-hydrogen) atoms. The molecule has 1 aromatic carbocycles. The van der Waals surface area contributed by atoms with E-state index < -0.39 is 12.1 Å². The molecule has 7 heteroatoms. The molecular formula is C16H17N3O3S. The van der Waals surface area contributed by atoms with E-state index in [1.54, 1.807) is 12.1 Å². The van der Waals surface area contributed by atoms with Gasteiger partial charge in [-0.25, -0.2) is 4.79 Å². The third-order valence-electron chi connectivity index (χ3n) is 3.46. The molecule has 1 N–H and O–H groups in total. The normalized spacial score (nSPS) is 16.8. The van der Waals surface area contributed by atoms with Gasteiger partial charge in [0.15, 0.2) is 6.10 Å². The van der Waals surface area contributed by atoms with E-state index in [-0.39, 0.29) is 5.91 Å². The summed E-state index contributed by atoms with van der Waals surface area (Å²) >= 11 is 1.35. The number of benzene rings is 1. The van der Waals surface area contributed by atoms with E-state index in [1.165, 1.54) is 11.3 Å². The van der Waals surface area contributed by atoms with Crippen molar-refractivity contribution in [1.29, 1.82) is 0 Å². The highest BCUT2D eigenvalue weighted by Gasteiger charge is 2.31. The van der Waals surface area contributed by atoms with E-state index in [4.69, 9.17) is 4.74 Å². The predicted octanol–water partition coefficient (Wildman–Crippen LogP) is 2.46. The molecule has 0 saturated heterocycles. The van der Waals surface area contributed by atoms with Crippen molar-refractivity contribution in [2.45, 2.75) is 32.8 Å². The predicted molar refractivity (Wildman–Crippen MR) is 86.4 cm³/mol. The Morgan fingerprint density at radius 1 is 1.39 bits per heavy atom. The monoisotopic (exact) mass is 331 g/mol. The van der Waals surface area contributed by atoms with Gasteiger partial charge in [-0.3, -0.25) is 10.1 Å². The van der Waals surface area contributed by atoms with Crippen LogP contribution in [0.15, 0.2) is 24.3 Å². The molecule has 3 rings (SSSR count). The van der Waals surface area contributed by atoms with Gasteiger partial charge in [-0.05, 0) is 17.5 Å². The van der Waals surface area contributed by atoms with Crippen molar-refractivity contribution < 1.29 is 14.3 Å². The van der Waals surface area contributed by atoms with Crippen LogP contribution in [-0.2, 0) is 22.4 Å². The highest BCUT2D eigenvalue weighted by molar-refractivity contribution is 7.15. The van der Waals surface area contributed by atoms with Crippen LogP contribution in [0.25, 0.3) is 0 Å². The Bertz CT molecular complexity index is 742. The standard InChI is InChI=1S/C16H17N3O3S/c1-9(2)7-13-18-19-16(23-13)17-14(20)12-8-10-5-3-4-6-11(10)15(21)22-12/h3-6,9,12H,7-8H2,1-2H3,(H,17,19,20)/t12-/m0/s1. The molecule has 1 amide bonds. The van der Waals surface area contributed by atoms with Crippen LogP contribution in [0.1, 0.15) is 34.8 Å². The number of amides is 1. The Balaban J connectivity index is 1.67. The summed E-state index contributed by atoms with van der Waals surface area (Å²) in [7, 11) is 0. The number of anilines is 1. The Morgan fingerprint density at radius 2 is 2.17 bits per heavy atom. The average molecular weight is 331 g/mol. The fraction of sp³-hybridized carbons (Fsp3) is 0.375. The first-order valence-corrected chi connectivity index (χ1v) is 8.26. The number of carbonyl (C=O) groups is 2. The van der Waals surface area contributed by atoms with Crippen molar-refractivity contribution in [2.75, 3.05) is 5.32 Å². The second kappa shape index (κ2) is 6.45. The number of hydrogen-bond acceptors (Lipinski definition) is 6. The Morgan fingerprint density at radius 3 is 2.96 bits per heavy atom. The summed E-state index contributed by atoms with van der Waals surface area (Å²) < 4.78 is 5.22. The Hall–Kier alpha value is -2.28. The fourth-order valence-corrected chi connectivity index (χ4v) is 3.35. The third kappa shape index (κ3) is 3.56. The van der Waals surface area contributed by atoms with Crippen molar-refractivity contribution in [1.82, 2.24) is 10.2 Å². The number of nitrogens with one attached hydrogen (secondary N) is 1. The molecule has 2 heterocycles. The van der Waals surface area contributed by atoms with Gasteiger partial charge < -0.3 is 4.74 Å². The molecule has 0 fully saturated rings. The van der Waals surface area contributed by atoms with E-state index in [0.29, 0.717) is 23.0 Å². The molecule has 120 valence electrons. The zero-order valence-electron chi connectivity index (χ0n) is 12.9. The van der Waals surface area contributed by atoms with E-state index >= 15 is 0 Å². The van der Waals surface area contributed by atoms with Crippen LogP contribution in [0.5, 0.6) is 0 Å². The van der Waals surface area contributed by atoms with Crippen molar-refractivity contribution in [3.63, 3.8) is 0 Å². The molecule has 0 bridgehead atoms. The summed E-state index contributed by atoms with van der Waals surface area (Å²) in [5, 5.41) is 12.0. The molecule has 0 saturated carbocycles. The maximum atomic E-state index is 12.3. The summed E-state index contributed by atoms with van der Waals surface area (Å²) in [6, 6.07) is 7.16. The molecule has 1 aromatic heterocycles. The molecule has 0 aliphatic carbocycles. The average Bonchev–Trinajstić information content (AvgIpc) is 2.93. The first-order chi connectivity index (χ1) is 11.0. The summed E-state index contributed by atoms with van der Waals surface area (Å²) in [6.45, 7) is 4.19. The number of nitrogens with zero attached hydrogens (tertiary/aromatic N) is 2. The molecule has 0 spiro atoms. The second-order valence-electron chi connectivity index (χ2n) is 5.84. The van der Waals surface area contributed by atoms with Gasteiger partial charge in [0.1, 0.15) is 5.01 Å². The summed E-state index contributed by atoms with van der Waals surface area (Å²) in [5.41, 5.74) is 1.34. The summed E-state index contributed by atoms with van der Waals surface area (Å²) in [5.74, 6) is -0.368. The summed E-state index contributed by atoms with van der Waals surface area (Å²) in [6.07, 6.45) is 0.347. The van der Waals surface area contributed by atoms with E-state index in [1.807, 2.05) is 12.1 Å². The Kier molecular flexibility index (Phi) is 4.38. The molecular weight excluding hydrogens is 314 g/mol. The molecule has 0 unspecified atom stereocenters. The molecule has 1 atom stereocenters. The smallest absolute Gasteiger partial charge is 0.339 e. The van der Waals surface area contributed by atoms with Crippen LogP contribution in [0, 0.1) is 5.92 Å². The van der Waals surface area contributed by atoms with Crippen LogP contribution in [0.2, 0.25) is 0 Å². The fourth-order valence-electron chi connectivity index (χ4n) is 2.40. The zero-order chi connectivity index (χ0) is 16.4. The van der Waals surface area contributed by atoms with Crippen LogP contribution >= 0.6 is 11.3 Å². The lowest BCUT2D eigenvalue weighted by molar-refractivity contribution is -0.125. The van der Waals surface area contributed by atoms with Gasteiger partial charge in [0, 0.05) is 12.8 Å². The Labute approximate surface area is 137 Å². The highest BCUT2D eigenvalue weighted by Crippen LogP contribution is 2.23. The maximum Gasteiger partial charge on any atom is 0.339 e. The number of esters is 1. The first kappa shape index (κ1) is 15.6. The number of fused-ring (bicyclic) bond motifs is 1. The minimum absolute atomic E-state index is 0.366. The molecule has 1 aliphatic heterocycles. The number of cyclic esters (lactones) is 1. The van der Waals surface area contributed by atoms with Crippen molar-refractivity contribution in [3.05, 3.63) is 40.4 Å². The lowest BCUT2D eigenvalue weighted by Crippen LogP contribution is -2.37. The number of ether oxygens (including phenoxy) is 1. The van der Waals surface area contributed by atoms with Crippen molar-refractivity contribution in [2.24, 2.45) is 5.92 Å². The number of aromatic nitrogens is 2. The van der Waals surface area contributed by atoms with E-state index in [0.717, 1.165) is 17.0 Å². The van der Waals surface area contributed by atoms with Crippen LogP contribution in [0.4, 0.5) is 5.13 Å². The third-order valence-corrected chi connectivity index (χ3v) is 4.33. The van der Waals surface area contributed by atoms with Gasteiger partial charge in [-0.1, -0.05) is 43.4 Å². The molecule has 1 aliphatic rings. The minimum atomic E-state index is -0.838. The van der Waals surface area contributed by atoms with E-state index in [2.05, 4.69) is 29.4 Å². The van der Waals surface area contributed by atoms with Crippen LogP contribution in [0.3, 0.4) is 0 Å². The van der Waals surface area contributed by atoms with Gasteiger partial charge >= 0.3 is 5.97 Å². The minimum Gasteiger partial charge on any atom is -0.448 e. The molecule has 2 aromatic rings. The largest absolute Gasteiger partial charge is 0.448 e. The topological polar surface area (TPSA) is 81.2 Å². The lowest BCUT2D eigenvalue weighted by atomic mass is 9.98. The van der Waals surface area contributed by atoms with Gasteiger partial charge in [-0.15, -0.1) is 10.2 Å². The lowest BCUT2D eigenvalue weighted by Gasteiger charge is -2.23. The van der Waals surface area contributed by atoms with Crippen molar-refractivity contribution in [3.8, 4) is 0 Å². The quantitative estimate of drug-likeness (QED) is 0.870. The molecule has 0 radical (unpaired) electrons. The number of carbonyl (C=O) groups excluding carboxylic acids is 2. The maximum absolute atomic E-state index is 12.3. The van der Waals surface area contributed by atoms with Gasteiger partial charge in [-0.2, -0.15) is 0 Å². The second-order valence-corrected chi connectivity index (χ2v) is 6.91. The number of rotatable bonds is 4. The van der Waals surface area contributed by atoms with Gasteiger partial charge in [0.2, 0.25) is 5.13 Å². The van der Waals surface area contributed by atoms with Crippen LogP contribution in [-0.4, -0.2) is 28.2 Å². The SMILES string of the molecule is CC(C)Cc1nnc(NC(=O)[C@@H]2Cc3ccccc3C(=O)O2)s1. The zero-order valence-corrected chi connectivity index (χ0v) is 13.7. The molecule has 6 nitrogen and oxygen atoms in total. The number of hydrogen-bond donors (Lipinski definition) is 1. The summed E-state index contributed by atoms with van der Waals surface area (Å²) in [4.78, 5) is 24.3.